The molecular formula is C56H79N5O12. The zero-order valence-electron chi connectivity index (χ0n) is 44.0. The third-order valence-corrected chi connectivity index (χ3v) is 10.8. The van der Waals surface area contributed by atoms with Gasteiger partial charge >= 0.3 is 30.1 Å². The highest BCUT2D eigenvalue weighted by Gasteiger charge is 2.29. The van der Waals surface area contributed by atoms with E-state index >= 15 is 0 Å². The fourth-order valence-electron chi connectivity index (χ4n) is 7.19. The number of ether oxygens (including phenoxy) is 5. The van der Waals surface area contributed by atoms with Gasteiger partial charge in [0.15, 0.2) is 6.04 Å². The van der Waals surface area contributed by atoms with Crippen LogP contribution in [0.5, 0.6) is 0 Å². The van der Waals surface area contributed by atoms with Crippen LogP contribution in [-0.4, -0.2) is 77.2 Å². The third kappa shape index (κ3) is 28.2. The Morgan fingerprint density at radius 3 is 1.27 bits per heavy atom. The molecule has 17 nitrogen and oxygen atoms in total. The second-order valence-corrected chi connectivity index (χ2v) is 19.8. The summed E-state index contributed by atoms with van der Waals surface area (Å²) < 4.78 is 27.7. The van der Waals surface area contributed by atoms with Crippen LogP contribution in [-0.2, 0) is 67.5 Å². The average Bonchev–Trinajstić information content (AvgIpc) is 3.33. The molecule has 3 atom stereocenters. The Labute approximate surface area is 431 Å². The maximum atomic E-state index is 13.8. The van der Waals surface area contributed by atoms with Crippen molar-refractivity contribution in [2.75, 3.05) is 0 Å². The van der Waals surface area contributed by atoms with Crippen molar-refractivity contribution < 1.29 is 57.2 Å². The predicted octanol–water partition coefficient (Wildman–Crippen LogP) is 9.83. The van der Waals surface area contributed by atoms with Gasteiger partial charge < -0.3 is 34.3 Å². The predicted molar refractivity (Wildman–Crippen MR) is 277 cm³/mol. The second kappa shape index (κ2) is 33.0. The smallest absolute Gasteiger partial charge is 0.414 e. The maximum Gasteiger partial charge on any atom is 0.414 e. The van der Waals surface area contributed by atoms with Crippen molar-refractivity contribution in [2.24, 2.45) is 4.99 Å². The number of hydrogen-bond donors (Lipinski definition) is 4. The summed E-state index contributed by atoms with van der Waals surface area (Å²) in [4.78, 5) is 98.4. The lowest BCUT2D eigenvalue weighted by atomic mass is 10.0. The Hall–Kier alpha value is -6.78. The minimum atomic E-state index is -1.37. The molecule has 0 fully saturated rings. The molecule has 0 aliphatic carbocycles. The number of benzene rings is 3. The number of nitrogens with one attached hydrogen (secondary N) is 4. The largest absolute Gasteiger partial charge is 0.459 e. The summed E-state index contributed by atoms with van der Waals surface area (Å²) in [7, 11) is 0. The molecule has 0 heterocycles. The quantitative estimate of drug-likeness (QED) is 0.0168. The molecular weight excluding hydrogens is 935 g/mol. The first-order chi connectivity index (χ1) is 34.8. The van der Waals surface area contributed by atoms with E-state index in [2.05, 4.69) is 33.2 Å². The number of unbranched alkanes of at least 4 members (excludes halogenated alkanes) is 8. The molecule has 0 aliphatic heterocycles. The molecule has 4 N–H and O–H groups in total. The number of aliphatic imine (C=N–C) groups is 1. The van der Waals surface area contributed by atoms with E-state index in [9.17, 15) is 33.6 Å². The molecule has 73 heavy (non-hydrogen) atoms. The van der Waals surface area contributed by atoms with E-state index in [0.29, 0.717) is 17.5 Å². The molecule has 3 aromatic rings. The highest BCUT2D eigenvalue weighted by atomic mass is 16.6. The van der Waals surface area contributed by atoms with E-state index in [-0.39, 0.29) is 64.3 Å². The van der Waals surface area contributed by atoms with Crippen LogP contribution in [0.2, 0.25) is 0 Å². The Morgan fingerprint density at radius 1 is 0.466 bits per heavy atom. The Balaban J connectivity index is 1.82. The first kappa shape index (κ1) is 60.5. The molecule has 400 valence electrons. The van der Waals surface area contributed by atoms with E-state index < -0.39 is 71.3 Å². The normalized spacial score (nSPS) is 12.4. The van der Waals surface area contributed by atoms with Gasteiger partial charge in [0.1, 0.15) is 43.1 Å². The minimum Gasteiger partial charge on any atom is -0.459 e. The van der Waals surface area contributed by atoms with Crippen LogP contribution in [0.15, 0.2) is 96.0 Å². The molecule has 0 saturated heterocycles. The highest BCUT2D eigenvalue weighted by Crippen LogP contribution is 2.16. The van der Waals surface area contributed by atoms with E-state index in [0.717, 1.165) is 24.8 Å². The topological polar surface area (TPSA) is 226 Å². The van der Waals surface area contributed by atoms with Gasteiger partial charge in [0.25, 0.3) is 0 Å². The molecule has 0 bridgehead atoms. The van der Waals surface area contributed by atoms with Crippen LogP contribution >= 0.6 is 0 Å². The fourth-order valence-corrected chi connectivity index (χ4v) is 7.19. The molecule has 2 unspecified atom stereocenters. The minimum absolute atomic E-state index is 0.0354. The molecule has 0 spiro atoms. The number of amides is 4. The summed E-state index contributed by atoms with van der Waals surface area (Å²) in [5.74, 6) is -3.71. The Morgan fingerprint density at radius 2 is 0.849 bits per heavy atom. The lowest BCUT2D eigenvalue weighted by molar-refractivity contribution is -0.150. The van der Waals surface area contributed by atoms with Gasteiger partial charge in [-0.2, -0.15) is 0 Å². The number of hydrogen-bond acceptors (Lipinski definition) is 13. The number of carbonyl (C=O) groups excluding carboxylic acids is 7. The van der Waals surface area contributed by atoms with Crippen molar-refractivity contribution in [2.45, 2.75) is 194 Å². The number of esters is 3. The van der Waals surface area contributed by atoms with Crippen molar-refractivity contribution in [3.8, 4) is 0 Å². The summed E-state index contributed by atoms with van der Waals surface area (Å²) in [6.07, 6.45) is 7.41. The number of nitrogens with zero attached hydrogens (tertiary/aromatic N) is 1. The molecule has 0 radical (unpaired) electrons. The summed E-state index contributed by atoms with van der Waals surface area (Å²) in [6.45, 7) is 11.8. The SMILES string of the molecule is CCCCCCCCCCCC(=O)N[C@H](CCC(=O)NC(CCCC(N=C(NC(=O)OC(C)(C)C)NC(=O)OC(C)(C)C)C(=O)OCc1ccccc1)C(=O)OCc1ccccc1)C(=O)OCc1ccccc1. The van der Waals surface area contributed by atoms with Crippen molar-refractivity contribution in [1.82, 2.24) is 21.3 Å². The lowest BCUT2D eigenvalue weighted by Crippen LogP contribution is -2.48. The summed E-state index contributed by atoms with van der Waals surface area (Å²) in [6, 6.07) is 23.2. The van der Waals surface area contributed by atoms with Gasteiger partial charge in [0.05, 0.1) is 0 Å². The Kier molecular flexibility index (Phi) is 27.4. The van der Waals surface area contributed by atoms with Crippen LogP contribution in [0.4, 0.5) is 9.59 Å². The maximum absolute atomic E-state index is 13.8. The zero-order valence-corrected chi connectivity index (χ0v) is 44.0. The second-order valence-electron chi connectivity index (χ2n) is 19.8. The number of carbonyl (C=O) groups is 7. The molecule has 3 rings (SSSR count). The molecule has 0 saturated carbocycles. The molecule has 0 aliphatic rings. The van der Waals surface area contributed by atoms with E-state index in [1.54, 1.807) is 102 Å². The van der Waals surface area contributed by atoms with Crippen molar-refractivity contribution in [3.63, 3.8) is 0 Å². The Bertz CT molecular complexity index is 2140. The van der Waals surface area contributed by atoms with Gasteiger partial charge in [-0.1, -0.05) is 149 Å². The van der Waals surface area contributed by atoms with Crippen molar-refractivity contribution in [3.05, 3.63) is 108 Å². The van der Waals surface area contributed by atoms with Gasteiger partial charge in [0, 0.05) is 12.8 Å². The first-order valence-electron chi connectivity index (χ1n) is 25.6. The standard InChI is InChI=1S/C56H79N5O12/c1-8-9-10-11-12-13-14-15-25-35-47(62)58-46(51(66)71-40-43-31-23-18-24-32-43)36-37-48(63)57-44(49(64)69-38-41-27-19-16-20-28-41)33-26-34-45(50(65)70-39-42-29-21-17-22-30-42)59-52(60-53(67)72-55(2,3)4)61-54(68)73-56(5,6)7/h16-24,27-32,44-46H,8-15,25-26,33-40H2,1-7H3,(H,57,63)(H,58,62)(H2,59,60,61,67,68)/t44?,45?,46-/m1/s1. The van der Waals surface area contributed by atoms with E-state index in [4.69, 9.17) is 23.7 Å². The summed E-state index contributed by atoms with van der Waals surface area (Å²) in [5, 5.41) is 10.3. The zero-order chi connectivity index (χ0) is 53.5. The number of rotatable bonds is 29. The van der Waals surface area contributed by atoms with Crippen molar-refractivity contribution >= 4 is 47.9 Å². The van der Waals surface area contributed by atoms with E-state index in [1.807, 2.05) is 30.3 Å². The lowest BCUT2D eigenvalue weighted by Gasteiger charge is -2.23. The molecule has 17 heteroatoms. The number of guanidine groups is 1. The van der Waals surface area contributed by atoms with Crippen molar-refractivity contribution in [1.29, 1.82) is 0 Å². The molecule has 0 aromatic heterocycles. The molecule has 4 amide bonds. The third-order valence-electron chi connectivity index (χ3n) is 10.8. The van der Waals surface area contributed by atoms with Crippen LogP contribution in [0.1, 0.15) is 161 Å². The monoisotopic (exact) mass is 1010 g/mol. The van der Waals surface area contributed by atoms with Crippen LogP contribution in [0, 0.1) is 0 Å². The van der Waals surface area contributed by atoms with Gasteiger partial charge in [-0.25, -0.2) is 29.0 Å². The highest BCUT2D eigenvalue weighted by molar-refractivity contribution is 6.02. The summed E-state index contributed by atoms with van der Waals surface area (Å²) in [5.41, 5.74) is 0.269. The van der Waals surface area contributed by atoms with Crippen LogP contribution in [0.25, 0.3) is 0 Å². The van der Waals surface area contributed by atoms with Crippen LogP contribution < -0.4 is 21.3 Å². The van der Waals surface area contributed by atoms with Gasteiger partial charge in [-0.05, 0) is 90.3 Å². The number of alkyl carbamates (subject to hydrolysis) is 2. The van der Waals surface area contributed by atoms with Gasteiger partial charge in [-0.3, -0.25) is 20.2 Å². The van der Waals surface area contributed by atoms with Gasteiger partial charge in [0.2, 0.25) is 17.8 Å². The van der Waals surface area contributed by atoms with E-state index in [1.165, 1.54) is 32.1 Å². The fraction of sp³-hybridized carbons (Fsp3) is 0.536. The van der Waals surface area contributed by atoms with Gasteiger partial charge in [-0.15, -0.1) is 0 Å². The molecule has 3 aromatic carbocycles. The van der Waals surface area contributed by atoms with Crippen LogP contribution in [0.3, 0.4) is 0 Å². The average molecular weight is 1010 g/mol. The first-order valence-corrected chi connectivity index (χ1v) is 25.6. The summed E-state index contributed by atoms with van der Waals surface area (Å²) >= 11 is 0.